The largest absolute Gasteiger partial charge is 0.506 e. The summed E-state index contributed by atoms with van der Waals surface area (Å²) in [4.78, 5) is 0.887. The Labute approximate surface area is 113 Å². The molecule has 0 bridgehead atoms. The van der Waals surface area contributed by atoms with Crippen LogP contribution in [0.5, 0.6) is 5.75 Å². The topological polar surface area (TPSA) is 46.2 Å². The summed E-state index contributed by atoms with van der Waals surface area (Å²) in [6.07, 6.45) is 0. The van der Waals surface area contributed by atoms with Crippen molar-refractivity contribution in [3.63, 3.8) is 0 Å². The lowest BCUT2D eigenvalue weighted by Gasteiger charge is -2.13. The van der Waals surface area contributed by atoms with Crippen molar-refractivity contribution in [2.45, 2.75) is 6.04 Å². The summed E-state index contributed by atoms with van der Waals surface area (Å²) in [5.41, 5.74) is 6.37. The van der Waals surface area contributed by atoms with Crippen LogP contribution in [0.3, 0.4) is 0 Å². The van der Waals surface area contributed by atoms with Crippen LogP contribution in [0.1, 0.15) is 16.5 Å². The molecule has 0 unspecified atom stereocenters. The van der Waals surface area contributed by atoms with Crippen LogP contribution < -0.4 is 5.73 Å². The van der Waals surface area contributed by atoms with E-state index in [2.05, 4.69) is 0 Å². The van der Waals surface area contributed by atoms with Crippen molar-refractivity contribution in [2.75, 3.05) is 0 Å². The quantitative estimate of drug-likeness (QED) is 0.886. The maximum Gasteiger partial charge on any atom is 0.145 e. The Morgan fingerprint density at radius 1 is 1.35 bits per heavy atom. The highest BCUT2D eigenvalue weighted by Gasteiger charge is 2.18. The SMILES string of the molecule is Cl.N[C@H](c1cccs1)c1ccc(F)c(Cl)c1O. The fourth-order valence-electron chi connectivity index (χ4n) is 1.43. The Bertz CT molecular complexity index is 504. The zero-order chi connectivity index (χ0) is 11.7. The molecular weight excluding hydrogens is 284 g/mol. The van der Waals surface area contributed by atoms with Gasteiger partial charge in [-0.2, -0.15) is 0 Å². The number of benzene rings is 1. The standard InChI is InChI=1S/C11H9ClFNOS.ClH/c12-9-7(13)4-3-6(11(9)15)10(14)8-2-1-5-16-8;/h1-5,10,15H,14H2;1H/t10-;/m0./s1. The van der Waals surface area contributed by atoms with Crippen LogP contribution in [0, 0.1) is 5.82 Å². The van der Waals surface area contributed by atoms with Gasteiger partial charge in [0, 0.05) is 10.4 Å². The van der Waals surface area contributed by atoms with Crippen molar-refractivity contribution in [1.29, 1.82) is 0 Å². The molecule has 2 nitrogen and oxygen atoms in total. The molecule has 0 aliphatic carbocycles. The predicted octanol–water partition coefficient (Wildman–Crippen LogP) is 3.72. The molecule has 0 aliphatic rings. The van der Waals surface area contributed by atoms with Crippen LogP contribution in [0.4, 0.5) is 4.39 Å². The van der Waals surface area contributed by atoms with Gasteiger partial charge in [0.25, 0.3) is 0 Å². The first kappa shape index (κ1) is 14.3. The molecule has 1 heterocycles. The zero-order valence-electron chi connectivity index (χ0n) is 8.56. The predicted molar refractivity (Wildman–Crippen MR) is 70.7 cm³/mol. The maximum absolute atomic E-state index is 13.0. The summed E-state index contributed by atoms with van der Waals surface area (Å²) >= 11 is 7.08. The summed E-state index contributed by atoms with van der Waals surface area (Å²) in [7, 11) is 0. The van der Waals surface area contributed by atoms with Crippen LogP contribution in [0.2, 0.25) is 5.02 Å². The third-order valence-electron chi connectivity index (χ3n) is 2.29. The van der Waals surface area contributed by atoms with Gasteiger partial charge >= 0.3 is 0 Å². The van der Waals surface area contributed by atoms with E-state index in [1.54, 1.807) is 0 Å². The number of hydrogen-bond donors (Lipinski definition) is 2. The molecule has 2 aromatic rings. The van der Waals surface area contributed by atoms with Gasteiger partial charge in [-0.25, -0.2) is 4.39 Å². The molecule has 1 aromatic carbocycles. The second-order valence-electron chi connectivity index (χ2n) is 3.29. The van der Waals surface area contributed by atoms with Gasteiger partial charge in [0.2, 0.25) is 0 Å². The normalized spacial score (nSPS) is 11.9. The number of rotatable bonds is 2. The molecule has 0 saturated heterocycles. The number of hydrogen-bond acceptors (Lipinski definition) is 3. The number of nitrogens with two attached hydrogens (primary N) is 1. The van der Waals surface area contributed by atoms with Gasteiger partial charge in [0.1, 0.15) is 16.6 Å². The van der Waals surface area contributed by atoms with Crippen LogP contribution in [0.25, 0.3) is 0 Å². The number of phenolic OH excluding ortho intramolecular Hbond substituents is 1. The van der Waals surface area contributed by atoms with Gasteiger partial charge in [0.15, 0.2) is 0 Å². The molecule has 0 amide bonds. The van der Waals surface area contributed by atoms with Gasteiger partial charge < -0.3 is 10.8 Å². The highest BCUT2D eigenvalue weighted by atomic mass is 35.5. The Kier molecular flexibility index (Phi) is 4.77. The number of phenols is 1. The lowest BCUT2D eigenvalue weighted by Crippen LogP contribution is -2.10. The molecule has 6 heteroatoms. The van der Waals surface area contributed by atoms with E-state index in [1.165, 1.54) is 23.5 Å². The monoisotopic (exact) mass is 293 g/mol. The third kappa shape index (κ3) is 2.72. The molecule has 1 aromatic heterocycles. The maximum atomic E-state index is 13.0. The summed E-state index contributed by atoms with van der Waals surface area (Å²) in [5.74, 6) is -0.941. The van der Waals surface area contributed by atoms with E-state index in [-0.39, 0.29) is 23.2 Å². The minimum absolute atomic E-state index is 0. The Morgan fingerprint density at radius 2 is 2.06 bits per heavy atom. The van der Waals surface area contributed by atoms with E-state index in [1.807, 2.05) is 17.5 Å². The van der Waals surface area contributed by atoms with Gasteiger partial charge in [-0.15, -0.1) is 23.7 Å². The molecule has 2 rings (SSSR count). The molecule has 0 aliphatic heterocycles. The second-order valence-corrected chi connectivity index (χ2v) is 4.65. The van der Waals surface area contributed by atoms with Crippen LogP contribution in [-0.4, -0.2) is 5.11 Å². The van der Waals surface area contributed by atoms with E-state index < -0.39 is 11.9 Å². The Hall–Kier alpha value is -0.810. The van der Waals surface area contributed by atoms with Crippen molar-refractivity contribution in [3.05, 3.63) is 50.9 Å². The Morgan fingerprint density at radius 3 is 2.65 bits per heavy atom. The summed E-state index contributed by atoms with van der Waals surface area (Å²) in [5, 5.41) is 11.3. The fourth-order valence-corrected chi connectivity index (χ4v) is 2.34. The van der Waals surface area contributed by atoms with Gasteiger partial charge in [-0.3, -0.25) is 0 Å². The van der Waals surface area contributed by atoms with E-state index >= 15 is 0 Å². The van der Waals surface area contributed by atoms with E-state index in [0.29, 0.717) is 5.56 Å². The minimum atomic E-state index is -0.652. The molecule has 3 N–H and O–H groups in total. The molecule has 0 fully saturated rings. The highest BCUT2D eigenvalue weighted by molar-refractivity contribution is 7.10. The van der Waals surface area contributed by atoms with Crippen LogP contribution in [0.15, 0.2) is 29.6 Å². The summed E-state index contributed by atoms with van der Waals surface area (Å²) < 4.78 is 13.0. The fraction of sp³-hybridized carbons (Fsp3) is 0.0909. The van der Waals surface area contributed by atoms with Crippen molar-refractivity contribution in [3.8, 4) is 5.75 Å². The first-order valence-electron chi connectivity index (χ1n) is 4.57. The molecule has 0 radical (unpaired) electrons. The molecule has 1 atom stereocenters. The summed E-state index contributed by atoms with van der Waals surface area (Å²) in [6, 6.07) is 5.87. The van der Waals surface area contributed by atoms with Gasteiger partial charge in [-0.1, -0.05) is 23.7 Å². The van der Waals surface area contributed by atoms with Crippen molar-refractivity contribution in [1.82, 2.24) is 0 Å². The van der Waals surface area contributed by atoms with Crippen molar-refractivity contribution < 1.29 is 9.50 Å². The zero-order valence-corrected chi connectivity index (χ0v) is 11.0. The molecule has 92 valence electrons. The third-order valence-corrected chi connectivity index (χ3v) is 3.60. The smallest absolute Gasteiger partial charge is 0.145 e. The first-order valence-corrected chi connectivity index (χ1v) is 5.83. The highest BCUT2D eigenvalue weighted by Crippen LogP contribution is 2.36. The Balaban J connectivity index is 0.00000144. The number of thiophene rings is 1. The molecular formula is C11H10Cl2FNOS. The molecule has 17 heavy (non-hydrogen) atoms. The number of aromatic hydroxyl groups is 1. The molecule has 0 spiro atoms. The van der Waals surface area contributed by atoms with E-state index in [9.17, 15) is 9.50 Å². The minimum Gasteiger partial charge on any atom is -0.506 e. The van der Waals surface area contributed by atoms with Gasteiger partial charge in [0.05, 0.1) is 6.04 Å². The van der Waals surface area contributed by atoms with E-state index in [4.69, 9.17) is 17.3 Å². The average molecular weight is 294 g/mol. The second kappa shape index (κ2) is 5.69. The summed E-state index contributed by atoms with van der Waals surface area (Å²) in [6.45, 7) is 0. The van der Waals surface area contributed by atoms with Crippen molar-refractivity contribution in [2.24, 2.45) is 5.73 Å². The van der Waals surface area contributed by atoms with Crippen molar-refractivity contribution >= 4 is 35.3 Å². The number of halogens is 3. The van der Waals surface area contributed by atoms with E-state index in [0.717, 1.165) is 4.88 Å². The van der Waals surface area contributed by atoms with Crippen LogP contribution in [-0.2, 0) is 0 Å². The van der Waals surface area contributed by atoms with Crippen LogP contribution >= 0.6 is 35.3 Å². The molecule has 0 saturated carbocycles. The first-order chi connectivity index (χ1) is 7.61. The lowest BCUT2D eigenvalue weighted by molar-refractivity contribution is 0.460. The van der Waals surface area contributed by atoms with Gasteiger partial charge in [-0.05, 0) is 17.5 Å². The lowest BCUT2D eigenvalue weighted by atomic mass is 10.1. The average Bonchev–Trinajstić information content (AvgIpc) is 2.79.